The first-order chi connectivity index (χ1) is 19.5. The number of anilines is 2. The molecule has 10 heteroatoms. The predicted molar refractivity (Wildman–Crippen MR) is 153 cm³/mol. The van der Waals surface area contributed by atoms with Gasteiger partial charge in [-0.1, -0.05) is 48.5 Å². The monoisotopic (exact) mass is 588 g/mol. The Morgan fingerprint density at radius 1 is 0.500 bits per heavy atom. The molecule has 0 aliphatic carbocycles. The van der Waals surface area contributed by atoms with Crippen LogP contribution in [0.4, 0.5) is 37.7 Å². The van der Waals surface area contributed by atoms with E-state index in [9.17, 15) is 35.9 Å². The Kier molecular flexibility index (Phi) is 11.9. The molecule has 0 aromatic heterocycles. The van der Waals surface area contributed by atoms with Crippen molar-refractivity contribution in [3.8, 4) is 11.1 Å². The predicted octanol–water partition coefficient (Wildman–Crippen LogP) is 8.51. The van der Waals surface area contributed by atoms with E-state index in [2.05, 4.69) is 0 Å². The fraction of sp³-hybridized carbons (Fsp3) is 0.188. The molecule has 4 nitrogen and oxygen atoms in total. The Bertz CT molecular complexity index is 1300. The number of rotatable bonds is 7. The average molecular weight is 589 g/mol. The second kappa shape index (κ2) is 14.9. The SMILES string of the molecule is CC(F)(F)F.CC(F)(F)F.Nc1ccc(C(=O)Cc2ccc(-c3ccc(CC(=O)c4ccc(N)cc4)cc3)cc2)cc1. The van der Waals surface area contributed by atoms with E-state index in [-0.39, 0.29) is 25.4 Å². The van der Waals surface area contributed by atoms with Crippen LogP contribution in [0, 0.1) is 0 Å². The molecule has 42 heavy (non-hydrogen) atoms. The summed E-state index contributed by atoms with van der Waals surface area (Å²) in [6, 6.07) is 29.9. The van der Waals surface area contributed by atoms with Gasteiger partial charge in [-0.15, -0.1) is 0 Å². The zero-order chi connectivity index (χ0) is 31.5. The van der Waals surface area contributed by atoms with Crippen LogP contribution in [-0.2, 0) is 12.8 Å². The minimum Gasteiger partial charge on any atom is -0.399 e. The van der Waals surface area contributed by atoms with E-state index in [0.717, 1.165) is 22.3 Å². The highest BCUT2D eigenvalue weighted by Gasteiger charge is 2.16. The van der Waals surface area contributed by atoms with Crippen molar-refractivity contribution in [1.82, 2.24) is 0 Å². The lowest BCUT2D eigenvalue weighted by molar-refractivity contribution is -0.111. The molecule has 0 saturated carbocycles. The highest BCUT2D eigenvalue weighted by molar-refractivity contribution is 5.98. The fourth-order valence-corrected chi connectivity index (χ4v) is 3.54. The van der Waals surface area contributed by atoms with Crippen LogP contribution < -0.4 is 11.5 Å². The van der Waals surface area contributed by atoms with Gasteiger partial charge >= 0.3 is 12.4 Å². The van der Waals surface area contributed by atoms with E-state index in [1.54, 1.807) is 48.5 Å². The molecule has 0 aliphatic rings. The number of nitrogen functional groups attached to an aromatic ring is 2. The zero-order valence-corrected chi connectivity index (χ0v) is 22.9. The topological polar surface area (TPSA) is 86.2 Å². The van der Waals surface area contributed by atoms with Gasteiger partial charge in [-0.3, -0.25) is 9.59 Å². The first kappa shape index (κ1) is 33.6. The van der Waals surface area contributed by atoms with Crippen LogP contribution in [0.1, 0.15) is 45.7 Å². The molecule has 4 aromatic rings. The lowest BCUT2D eigenvalue weighted by Gasteiger charge is -2.07. The number of Topliss-reactive ketones (excluding diaryl/α,β-unsaturated/α-hetero) is 2. The Hall–Kier alpha value is -4.60. The first-order valence-corrected chi connectivity index (χ1v) is 12.6. The number of carbonyl (C=O) groups is 2. The second-order valence-corrected chi connectivity index (χ2v) is 9.40. The molecule has 0 spiro atoms. The molecular weight excluding hydrogens is 558 g/mol. The van der Waals surface area contributed by atoms with Crippen LogP contribution in [0.5, 0.6) is 0 Å². The van der Waals surface area contributed by atoms with Crippen molar-refractivity contribution in [1.29, 1.82) is 0 Å². The number of nitrogens with two attached hydrogens (primary N) is 2. The van der Waals surface area contributed by atoms with Gasteiger partial charge in [0.25, 0.3) is 0 Å². The van der Waals surface area contributed by atoms with E-state index in [4.69, 9.17) is 11.5 Å². The van der Waals surface area contributed by atoms with Crippen molar-refractivity contribution in [2.45, 2.75) is 39.0 Å². The number of hydrogen-bond donors (Lipinski definition) is 2. The number of ketones is 2. The molecule has 4 aromatic carbocycles. The van der Waals surface area contributed by atoms with E-state index >= 15 is 0 Å². The standard InChI is InChI=1S/C28H24N2O2.2C2H3F3/c29-25-13-9-23(10-14-25)27(31)17-19-1-5-21(6-2-19)22-7-3-20(4-8-22)18-28(32)24-11-15-26(30)16-12-24;2*1-2(3,4)5/h1-16H,17-18,29-30H2;2*1H3. The Labute approximate surface area is 240 Å². The summed E-state index contributed by atoms with van der Waals surface area (Å²) in [5.41, 5.74) is 18.0. The Morgan fingerprint density at radius 3 is 0.976 bits per heavy atom. The van der Waals surface area contributed by atoms with Gasteiger partial charge < -0.3 is 11.5 Å². The van der Waals surface area contributed by atoms with E-state index in [0.29, 0.717) is 35.3 Å². The lowest BCUT2D eigenvalue weighted by Crippen LogP contribution is -2.04. The maximum absolute atomic E-state index is 12.5. The fourth-order valence-electron chi connectivity index (χ4n) is 3.54. The van der Waals surface area contributed by atoms with Crippen molar-refractivity contribution in [2.75, 3.05) is 11.5 Å². The largest absolute Gasteiger partial charge is 0.399 e. The minimum atomic E-state index is -4.00. The van der Waals surface area contributed by atoms with Gasteiger partial charge in [0.1, 0.15) is 0 Å². The van der Waals surface area contributed by atoms with Crippen LogP contribution in [-0.4, -0.2) is 23.9 Å². The van der Waals surface area contributed by atoms with E-state index in [1.165, 1.54) is 0 Å². The molecule has 222 valence electrons. The first-order valence-electron chi connectivity index (χ1n) is 12.6. The van der Waals surface area contributed by atoms with Gasteiger partial charge in [0.15, 0.2) is 11.6 Å². The maximum Gasteiger partial charge on any atom is 0.386 e. The van der Waals surface area contributed by atoms with Gasteiger partial charge in [0.2, 0.25) is 0 Å². The van der Waals surface area contributed by atoms with Gasteiger partial charge in [0, 0.05) is 49.2 Å². The van der Waals surface area contributed by atoms with Crippen molar-refractivity contribution >= 4 is 22.9 Å². The molecule has 0 heterocycles. The minimum absolute atomic E-state index is 0.0628. The Morgan fingerprint density at radius 2 is 0.738 bits per heavy atom. The normalized spacial score (nSPS) is 11.0. The summed E-state index contributed by atoms with van der Waals surface area (Å²) in [4.78, 5) is 24.9. The molecule has 0 aliphatic heterocycles. The molecule has 0 bridgehead atoms. The summed E-state index contributed by atoms with van der Waals surface area (Å²) in [5, 5.41) is 0. The maximum atomic E-state index is 12.5. The molecule has 0 atom stereocenters. The van der Waals surface area contributed by atoms with Crippen molar-refractivity contribution in [3.63, 3.8) is 0 Å². The molecule has 0 unspecified atom stereocenters. The summed E-state index contributed by atoms with van der Waals surface area (Å²) in [6.07, 6.45) is -7.31. The van der Waals surface area contributed by atoms with Crippen LogP contribution in [0.25, 0.3) is 11.1 Å². The summed E-state index contributed by atoms with van der Waals surface area (Å²) < 4.78 is 62.1. The van der Waals surface area contributed by atoms with Crippen LogP contribution in [0.2, 0.25) is 0 Å². The van der Waals surface area contributed by atoms with Crippen molar-refractivity contribution in [3.05, 3.63) is 119 Å². The highest BCUT2D eigenvalue weighted by atomic mass is 19.4. The summed E-state index contributed by atoms with van der Waals surface area (Å²) in [7, 11) is 0. The number of alkyl halides is 6. The van der Waals surface area contributed by atoms with Gasteiger partial charge in [-0.05, 0) is 70.8 Å². The summed E-state index contributed by atoms with van der Waals surface area (Å²) in [6.45, 7) is 0.375. The molecule has 0 saturated heterocycles. The summed E-state index contributed by atoms with van der Waals surface area (Å²) >= 11 is 0. The van der Waals surface area contributed by atoms with Crippen LogP contribution in [0.3, 0.4) is 0 Å². The third-order valence-corrected chi connectivity index (χ3v) is 5.44. The molecular formula is C32H30F6N2O2. The third-order valence-electron chi connectivity index (χ3n) is 5.44. The third kappa shape index (κ3) is 13.6. The number of benzene rings is 4. The number of halogens is 6. The molecule has 4 rings (SSSR count). The highest BCUT2D eigenvalue weighted by Crippen LogP contribution is 2.22. The second-order valence-electron chi connectivity index (χ2n) is 9.40. The van der Waals surface area contributed by atoms with Crippen LogP contribution in [0.15, 0.2) is 97.1 Å². The van der Waals surface area contributed by atoms with Crippen molar-refractivity contribution in [2.24, 2.45) is 0 Å². The molecule has 4 N–H and O–H groups in total. The quantitative estimate of drug-likeness (QED) is 0.129. The van der Waals surface area contributed by atoms with E-state index < -0.39 is 12.4 Å². The van der Waals surface area contributed by atoms with Crippen molar-refractivity contribution < 1.29 is 35.9 Å². The molecule has 0 fully saturated rings. The Balaban J connectivity index is 0.000000533. The van der Waals surface area contributed by atoms with Gasteiger partial charge in [-0.25, -0.2) is 0 Å². The molecule has 0 amide bonds. The lowest BCUT2D eigenvalue weighted by atomic mass is 9.97. The summed E-state index contributed by atoms with van der Waals surface area (Å²) in [5.74, 6) is 0.126. The zero-order valence-electron chi connectivity index (χ0n) is 22.9. The van der Waals surface area contributed by atoms with Crippen LogP contribution >= 0.6 is 0 Å². The number of carbonyl (C=O) groups excluding carboxylic acids is 2. The smallest absolute Gasteiger partial charge is 0.386 e. The van der Waals surface area contributed by atoms with Gasteiger partial charge in [-0.2, -0.15) is 26.3 Å². The average Bonchev–Trinajstić information content (AvgIpc) is 2.88. The van der Waals surface area contributed by atoms with Gasteiger partial charge in [0.05, 0.1) is 0 Å². The van der Waals surface area contributed by atoms with E-state index in [1.807, 2.05) is 48.5 Å². The molecule has 0 radical (unpaired) electrons. The number of hydrogen-bond acceptors (Lipinski definition) is 4.